The number of aryl methyl sites for hydroxylation is 1. The number of rotatable bonds is 8. The Morgan fingerprint density at radius 2 is 1.79 bits per heavy atom. The Bertz CT molecular complexity index is 1260. The molecule has 3 aromatic carbocycles. The quantitative estimate of drug-likeness (QED) is 0.305. The van der Waals surface area contributed by atoms with Crippen LogP contribution in [0.2, 0.25) is 0 Å². The van der Waals surface area contributed by atoms with E-state index in [1.165, 1.54) is 12.4 Å². The van der Waals surface area contributed by atoms with Crippen molar-refractivity contribution in [1.82, 2.24) is 20.1 Å². The van der Waals surface area contributed by atoms with Crippen LogP contribution in [0.3, 0.4) is 0 Å². The van der Waals surface area contributed by atoms with Crippen molar-refractivity contribution in [1.29, 1.82) is 0 Å². The maximum atomic E-state index is 13.1. The molecule has 1 atom stereocenters. The van der Waals surface area contributed by atoms with Crippen LogP contribution in [-0.4, -0.2) is 25.6 Å². The van der Waals surface area contributed by atoms with Crippen LogP contribution in [0.15, 0.2) is 95.2 Å². The van der Waals surface area contributed by atoms with Gasteiger partial charge in [0.15, 0.2) is 5.16 Å². The second-order valence-electron chi connectivity index (χ2n) is 7.39. The summed E-state index contributed by atoms with van der Waals surface area (Å²) in [6.45, 7) is 0. The molecule has 0 aliphatic heterocycles. The lowest BCUT2D eigenvalue weighted by Gasteiger charge is -2.20. The van der Waals surface area contributed by atoms with E-state index in [-0.39, 0.29) is 23.2 Å². The molecule has 0 aliphatic carbocycles. The van der Waals surface area contributed by atoms with E-state index in [1.54, 1.807) is 23.7 Å². The fourth-order valence-corrected chi connectivity index (χ4v) is 4.23. The summed E-state index contributed by atoms with van der Waals surface area (Å²) in [5.41, 5.74) is 2.10. The van der Waals surface area contributed by atoms with Gasteiger partial charge in [-0.15, -0.1) is 10.2 Å². The fourth-order valence-electron chi connectivity index (χ4n) is 3.38. The zero-order chi connectivity index (χ0) is 23.2. The smallest absolute Gasteiger partial charge is 0.284 e. The molecule has 4 aromatic rings. The third-order valence-electron chi connectivity index (χ3n) is 5.08. The molecule has 0 bridgehead atoms. The van der Waals surface area contributed by atoms with Gasteiger partial charge in [-0.3, -0.25) is 14.9 Å². The molecule has 1 unspecified atom stereocenters. The van der Waals surface area contributed by atoms with Crippen molar-refractivity contribution in [3.63, 3.8) is 0 Å². The van der Waals surface area contributed by atoms with Gasteiger partial charge in [-0.2, -0.15) is 0 Å². The van der Waals surface area contributed by atoms with Crippen LogP contribution in [0.4, 0.5) is 5.69 Å². The minimum Gasteiger partial charge on any atom is -0.345 e. The van der Waals surface area contributed by atoms with Crippen LogP contribution < -0.4 is 5.32 Å². The van der Waals surface area contributed by atoms with E-state index >= 15 is 0 Å². The molecule has 1 N–H and O–H groups in total. The van der Waals surface area contributed by atoms with Crippen molar-refractivity contribution >= 4 is 23.4 Å². The Labute approximate surface area is 194 Å². The molecule has 9 heteroatoms. The number of hydrogen-bond donors (Lipinski definition) is 1. The molecule has 33 heavy (non-hydrogen) atoms. The van der Waals surface area contributed by atoms with Crippen LogP contribution >= 0.6 is 11.8 Å². The molecule has 1 aromatic heterocycles. The monoisotopic (exact) mass is 459 g/mol. The van der Waals surface area contributed by atoms with Gasteiger partial charge in [-0.05, 0) is 41.4 Å². The predicted molar refractivity (Wildman–Crippen MR) is 125 cm³/mol. The number of nitrogens with one attached hydrogen (secondary N) is 1. The summed E-state index contributed by atoms with van der Waals surface area (Å²) < 4.78 is 1.67. The Kier molecular flexibility index (Phi) is 6.80. The van der Waals surface area contributed by atoms with E-state index in [2.05, 4.69) is 15.5 Å². The number of benzene rings is 3. The highest BCUT2D eigenvalue weighted by Gasteiger charge is 2.22. The summed E-state index contributed by atoms with van der Waals surface area (Å²) in [4.78, 5) is 24.7. The number of carbonyl (C=O) groups excluding carboxylic acids is 1. The van der Waals surface area contributed by atoms with Crippen LogP contribution in [0.25, 0.3) is 0 Å². The molecule has 1 amide bonds. The normalized spacial score (nSPS) is 11.7. The van der Waals surface area contributed by atoms with Crippen molar-refractivity contribution < 1.29 is 9.72 Å². The number of hydrogen-bond acceptors (Lipinski definition) is 6. The highest BCUT2D eigenvalue weighted by Crippen LogP contribution is 2.34. The molecule has 0 radical (unpaired) electrons. The van der Waals surface area contributed by atoms with E-state index in [4.69, 9.17) is 0 Å². The van der Waals surface area contributed by atoms with Gasteiger partial charge in [0.05, 0.1) is 15.9 Å². The highest BCUT2D eigenvalue weighted by atomic mass is 32.2. The minimum absolute atomic E-state index is 0.157. The SMILES string of the molecule is Cn1cnnc1Sc1ccc(C(=O)NC(Cc2ccccc2)c2ccccc2)cc1[N+](=O)[O-]. The molecule has 1 heterocycles. The highest BCUT2D eigenvalue weighted by molar-refractivity contribution is 7.99. The molecule has 0 aliphatic rings. The lowest BCUT2D eigenvalue weighted by Crippen LogP contribution is -2.30. The van der Waals surface area contributed by atoms with Crippen molar-refractivity contribution in [2.24, 2.45) is 7.05 Å². The summed E-state index contributed by atoms with van der Waals surface area (Å²) in [6, 6.07) is 23.7. The van der Waals surface area contributed by atoms with E-state index in [9.17, 15) is 14.9 Å². The number of aromatic nitrogens is 3. The molecule has 166 valence electrons. The number of carbonyl (C=O) groups is 1. The second-order valence-corrected chi connectivity index (χ2v) is 8.40. The van der Waals surface area contributed by atoms with Gasteiger partial charge < -0.3 is 9.88 Å². The first kappa shape index (κ1) is 22.2. The van der Waals surface area contributed by atoms with Crippen LogP contribution in [0, 0.1) is 10.1 Å². The van der Waals surface area contributed by atoms with Crippen molar-refractivity contribution in [2.75, 3.05) is 0 Å². The maximum Gasteiger partial charge on any atom is 0.284 e. The average Bonchev–Trinajstić information content (AvgIpc) is 3.24. The first-order valence-corrected chi connectivity index (χ1v) is 11.0. The van der Waals surface area contributed by atoms with E-state index < -0.39 is 4.92 Å². The molecule has 4 rings (SSSR count). The molecule has 0 fully saturated rings. The van der Waals surface area contributed by atoms with Gasteiger partial charge in [0.2, 0.25) is 0 Å². The second kappa shape index (κ2) is 10.1. The molecular weight excluding hydrogens is 438 g/mol. The summed E-state index contributed by atoms with van der Waals surface area (Å²) >= 11 is 1.12. The molecular formula is C24H21N5O3S. The molecule has 0 saturated carbocycles. The Morgan fingerprint density at radius 3 is 2.42 bits per heavy atom. The Balaban J connectivity index is 1.59. The zero-order valence-electron chi connectivity index (χ0n) is 17.8. The summed E-state index contributed by atoms with van der Waals surface area (Å²) in [5.74, 6) is -0.377. The van der Waals surface area contributed by atoms with Crippen LogP contribution in [-0.2, 0) is 13.5 Å². The predicted octanol–water partition coefficient (Wildman–Crippen LogP) is 4.59. The van der Waals surface area contributed by atoms with Gasteiger partial charge in [0.25, 0.3) is 11.6 Å². The van der Waals surface area contributed by atoms with Crippen LogP contribution in [0.1, 0.15) is 27.5 Å². The van der Waals surface area contributed by atoms with E-state index in [1.807, 2.05) is 60.7 Å². The fraction of sp³-hybridized carbons (Fsp3) is 0.125. The lowest BCUT2D eigenvalue weighted by atomic mass is 9.98. The van der Waals surface area contributed by atoms with Gasteiger partial charge in [-0.1, -0.05) is 60.7 Å². The zero-order valence-corrected chi connectivity index (χ0v) is 18.6. The third-order valence-corrected chi connectivity index (χ3v) is 6.20. The van der Waals surface area contributed by atoms with Gasteiger partial charge in [0.1, 0.15) is 6.33 Å². The lowest BCUT2D eigenvalue weighted by molar-refractivity contribution is -0.387. The number of amides is 1. The summed E-state index contributed by atoms with van der Waals surface area (Å²) in [5, 5.41) is 23.0. The Hall–Kier alpha value is -3.98. The van der Waals surface area contributed by atoms with E-state index in [0.29, 0.717) is 16.5 Å². The van der Waals surface area contributed by atoms with Gasteiger partial charge in [-0.25, -0.2) is 0 Å². The molecule has 0 saturated heterocycles. The maximum absolute atomic E-state index is 13.1. The number of nitro benzene ring substituents is 1. The van der Waals surface area contributed by atoms with Crippen molar-refractivity contribution in [3.8, 4) is 0 Å². The molecule has 0 spiro atoms. The summed E-state index contributed by atoms with van der Waals surface area (Å²) in [7, 11) is 1.76. The minimum atomic E-state index is -0.492. The van der Waals surface area contributed by atoms with Crippen LogP contribution in [0.5, 0.6) is 0 Å². The number of nitrogens with zero attached hydrogens (tertiary/aromatic N) is 4. The molecule has 8 nitrogen and oxygen atoms in total. The third kappa shape index (κ3) is 5.45. The first-order valence-electron chi connectivity index (χ1n) is 10.2. The van der Waals surface area contributed by atoms with Crippen molar-refractivity contribution in [3.05, 3.63) is 112 Å². The summed E-state index contributed by atoms with van der Waals surface area (Å²) in [6.07, 6.45) is 2.12. The number of nitro groups is 1. The Morgan fingerprint density at radius 1 is 1.09 bits per heavy atom. The van der Waals surface area contributed by atoms with Crippen molar-refractivity contribution in [2.45, 2.75) is 22.5 Å². The van der Waals surface area contributed by atoms with Gasteiger partial charge in [0, 0.05) is 18.7 Å². The standard InChI is InChI=1S/C24H21N5O3S/c1-28-16-25-27-24(28)33-22-13-12-19(15-21(22)29(31)32)23(30)26-20(18-10-6-3-7-11-18)14-17-8-4-2-5-9-17/h2-13,15-16,20H,14H2,1H3,(H,26,30). The van der Waals surface area contributed by atoms with E-state index in [0.717, 1.165) is 22.9 Å². The van der Waals surface area contributed by atoms with Gasteiger partial charge >= 0.3 is 0 Å². The largest absolute Gasteiger partial charge is 0.345 e. The average molecular weight is 460 g/mol. The first-order chi connectivity index (χ1) is 16.0. The topological polar surface area (TPSA) is 103 Å².